The molecule has 2 N–H and O–H groups in total. The Balaban J connectivity index is 1.76. The minimum atomic E-state index is 0.587. The Morgan fingerprint density at radius 1 is 1.10 bits per heavy atom. The van der Waals surface area contributed by atoms with Crippen molar-refractivity contribution in [3.8, 4) is 11.4 Å². The topological polar surface area (TPSA) is 78.1 Å². The quantitative estimate of drug-likeness (QED) is 0.697. The van der Waals surface area contributed by atoms with Gasteiger partial charge in [-0.25, -0.2) is 0 Å². The van der Waals surface area contributed by atoms with Crippen molar-refractivity contribution in [1.82, 2.24) is 10.1 Å². The summed E-state index contributed by atoms with van der Waals surface area (Å²) in [6.07, 6.45) is 5.61. The number of nitrogens with zero attached hydrogens (tertiary/aromatic N) is 2. The maximum atomic E-state index is 5.49. The van der Waals surface area contributed by atoms with Crippen molar-refractivity contribution in [1.29, 1.82) is 0 Å². The molecule has 0 fully saturated rings. The number of fused-ring (bicyclic) bond motifs is 1. The van der Waals surface area contributed by atoms with Crippen LogP contribution in [0.4, 0.5) is 0 Å². The maximum Gasteiger partial charge on any atom is 0.226 e. The minimum Gasteiger partial charge on any atom is -0.464 e. The van der Waals surface area contributed by atoms with Crippen molar-refractivity contribution >= 4 is 11.0 Å². The van der Waals surface area contributed by atoms with Gasteiger partial charge in [-0.3, -0.25) is 0 Å². The highest BCUT2D eigenvalue weighted by molar-refractivity contribution is 5.91. The highest BCUT2D eigenvalue weighted by Gasteiger charge is 2.13. The Bertz CT molecular complexity index is 687. The summed E-state index contributed by atoms with van der Waals surface area (Å²) in [6.45, 7) is 0.732. The SMILES string of the molecule is NCCCCCc1nc(-c2coc3ccccc23)no1. The Hall–Kier alpha value is -2.14. The van der Waals surface area contributed by atoms with Gasteiger partial charge in [0.05, 0.1) is 5.56 Å². The lowest BCUT2D eigenvalue weighted by molar-refractivity contribution is 0.374. The van der Waals surface area contributed by atoms with Crippen LogP contribution in [0.15, 0.2) is 39.5 Å². The molecule has 5 heteroatoms. The van der Waals surface area contributed by atoms with Gasteiger partial charge in [-0.05, 0) is 25.5 Å². The van der Waals surface area contributed by atoms with Crippen LogP contribution < -0.4 is 5.73 Å². The van der Waals surface area contributed by atoms with Gasteiger partial charge in [-0.15, -0.1) is 0 Å². The summed E-state index contributed by atoms with van der Waals surface area (Å²) in [4.78, 5) is 4.43. The standard InChI is InChI=1S/C15H17N3O2/c16-9-5-1-2-8-14-17-15(18-20-14)12-10-19-13-7-4-3-6-11(12)13/h3-4,6-7,10H,1-2,5,8-9,16H2. The molecule has 1 aromatic carbocycles. The minimum absolute atomic E-state index is 0.587. The molecule has 2 heterocycles. The van der Waals surface area contributed by atoms with E-state index in [0.717, 1.165) is 48.8 Å². The number of aryl methyl sites for hydroxylation is 1. The van der Waals surface area contributed by atoms with Crippen molar-refractivity contribution in [2.24, 2.45) is 5.73 Å². The summed E-state index contributed by atoms with van der Waals surface area (Å²) in [7, 11) is 0. The lowest BCUT2D eigenvalue weighted by Crippen LogP contribution is -1.98. The summed E-state index contributed by atoms with van der Waals surface area (Å²) in [5.74, 6) is 1.26. The maximum absolute atomic E-state index is 5.49. The Morgan fingerprint density at radius 2 is 2.00 bits per heavy atom. The number of nitrogens with two attached hydrogens (primary N) is 1. The van der Waals surface area contributed by atoms with Crippen LogP contribution in [0.1, 0.15) is 25.2 Å². The average molecular weight is 271 g/mol. The molecule has 0 aliphatic heterocycles. The van der Waals surface area contributed by atoms with E-state index in [9.17, 15) is 0 Å². The van der Waals surface area contributed by atoms with E-state index in [1.165, 1.54) is 0 Å². The molecule has 3 aromatic rings. The van der Waals surface area contributed by atoms with Crippen LogP contribution in [-0.2, 0) is 6.42 Å². The van der Waals surface area contributed by atoms with Gasteiger partial charge in [-0.1, -0.05) is 29.8 Å². The Morgan fingerprint density at radius 3 is 2.90 bits per heavy atom. The molecular weight excluding hydrogens is 254 g/mol. The third-order valence-electron chi connectivity index (χ3n) is 3.28. The molecular formula is C15H17N3O2. The molecule has 3 rings (SSSR count). The molecule has 5 nitrogen and oxygen atoms in total. The van der Waals surface area contributed by atoms with Crippen molar-refractivity contribution in [2.45, 2.75) is 25.7 Å². The molecule has 0 unspecified atom stereocenters. The molecule has 0 saturated heterocycles. The summed E-state index contributed by atoms with van der Waals surface area (Å²) in [5, 5.41) is 5.04. The number of hydrogen-bond acceptors (Lipinski definition) is 5. The van der Waals surface area contributed by atoms with Crippen molar-refractivity contribution in [3.63, 3.8) is 0 Å². The van der Waals surface area contributed by atoms with Gasteiger partial charge in [0, 0.05) is 11.8 Å². The number of unbranched alkanes of at least 4 members (excludes halogenated alkanes) is 2. The molecule has 0 atom stereocenters. The van der Waals surface area contributed by atoms with E-state index in [1.807, 2.05) is 24.3 Å². The fraction of sp³-hybridized carbons (Fsp3) is 0.333. The summed E-state index contributed by atoms with van der Waals surface area (Å²) < 4.78 is 10.8. The Kier molecular flexibility index (Phi) is 3.78. The number of rotatable bonds is 6. The first-order valence-corrected chi connectivity index (χ1v) is 6.88. The number of hydrogen-bond donors (Lipinski definition) is 1. The number of benzene rings is 1. The number of furan rings is 1. The van der Waals surface area contributed by atoms with Gasteiger partial charge in [-0.2, -0.15) is 4.98 Å². The lowest BCUT2D eigenvalue weighted by Gasteiger charge is -1.94. The molecule has 20 heavy (non-hydrogen) atoms. The molecule has 0 amide bonds. The van der Waals surface area contributed by atoms with Crippen LogP contribution >= 0.6 is 0 Å². The van der Waals surface area contributed by atoms with Crippen LogP contribution in [0.3, 0.4) is 0 Å². The van der Waals surface area contributed by atoms with E-state index in [0.29, 0.717) is 11.7 Å². The molecule has 0 radical (unpaired) electrons. The van der Waals surface area contributed by atoms with Crippen LogP contribution in [0.25, 0.3) is 22.4 Å². The number of aromatic nitrogens is 2. The van der Waals surface area contributed by atoms with Gasteiger partial charge in [0.2, 0.25) is 11.7 Å². The van der Waals surface area contributed by atoms with Gasteiger partial charge in [0.1, 0.15) is 11.8 Å². The van der Waals surface area contributed by atoms with Crippen LogP contribution in [0.5, 0.6) is 0 Å². The molecule has 2 aromatic heterocycles. The zero-order valence-corrected chi connectivity index (χ0v) is 11.2. The van der Waals surface area contributed by atoms with E-state index in [2.05, 4.69) is 10.1 Å². The fourth-order valence-corrected chi connectivity index (χ4v) is 2.21. The van der Waals surface area contributed by atoms with Crippen LogP contribution in [0, 0.1) is 0 Å². The third-order valence-corrected chi connectivity index (χ3v) is 3.28. The smallest absolute Gasteiger partial charge is 0.226 e. The first kappa shape index (κ1) is 12.9. The first-order chi connectivity index (χ1) is 9.88. The molecule has 0 aliphatic carbocycles. The summed E-state index contributed by atoms with van der Waals surface area (Å²) >= 11 is 0. The predicted molar refractivity (Wildman–Crippen MR) is 76.1 cm³/mol. The third kappa shape index (κ3) is 2.58. The van der Waals surface area contributed by atoms with Gasteiger partial charge in [0.25, 0.3) is 0 Å². The highest BCUT2D eigenvalue weighted by Crippen LogP contribution is 2.28. The molecule has 104 valence electrons. The average Bonchev–Trinajstić information content (AvgIpc) is 3.10. The second-order valence-corrected chi connectivity index (χ2v) is 4.76. The molecule has 0 bridgehead atoms. The van der Waals surface area contributed by atoms with E-state index in [4.69, 9.17) is 14.7 Å². The van der Waals surface area contributed by atoms with Crippen LogP contribution in [-0.4, -0.2) is 16.7 Å². The normalized spacial score (nSPS) is 11.2. The van der Waals surface area contributed by atoms with Gasteiger partial charge < -0.3 is 14.7 Å². The predicted octanol–water partition coefficient (Wildman–Crippen LogP) is 3.15. The fourth-order valence-electron chi connectivity index (χ4n) is 2.21. The van der Waals surface area contributed by atoms with Crippen molar-refractivity contribution in [3.05, 3.63) is 36.4 Å². The van der Waals surface area contributed by atoms with Crippen molar-refractivity contribution in [2.75, 3.05) is 6.54 Å². The second kappa shape index (κ2) is 5.88. The zero-order chi connectivity index (χ0) is 13.8. The number of para-hydroxylation sites is 1. The zero-order valence-electron chi connectivity index (χ0n) is 11.2. The van der Waals surface area contributed by atoms with Crippen molar-refractivity contribution < 1.29 is 8.94 Å². The van der Waals surface area contributed by atoms with E-state index in [-0.39, 0.29) is 0 Å². The monoisotopic (exact) mass is 271 g/mol. The first-order valence-electron chi connectivity index (χ1n) is 6.88. The molecule has 0 spiro atoms. The second-order valence-electron chi connectivity index (χ2n) is 4.76. The lowest BCUT2D eigenvalue weighted by atomic mass is 10.1. The van der Waals surface area contributed by atoms with Gasteiger partial charge >= 0.3 is 0 Å². The Labute approximate surface area is 116 Å². The van der Waals surface area contributed by atoms with E-state index in [1.54, 1.807) is 6.26 Å². The summed E-state index contributed by atoms with van der Waals surface area (Å²) in [6, 6.07) is 7.82. The molecule has 0 saturated carbocycles. The largest absolute Gasteiger partial charge is 0.464 e. The van der Waals surface area contributed by atoms with E-state index < -0.39 is 0 Å². The van der Waals surface area contributed by atoms with Gasteiger partial charge in [0.15, 0.2) is 0 Å². The summed E-state index contributed by atoms with van der Waals surface area (Å²) in [5.41, 5.74) is 7.17. The van der Waals surface area contributed by atoms with E-state index >= 15 is 0 Å². The highest BCUT2D eigenvalue weighted by atomic mass is 16.5. The molecule has 0 aliphatic rings. The van der Waals surface area contributed by atoms with Crippen LogP contribution in [0.2, 0.25) is 0 Å².